The van der Waals surface area contributed by atoms with Crippen molar-refractivity contribution in [3.63, 3.8) is 0 Å². The zero-order chi connectivity index (χ0) is 18.2. The van der Waals surface area contributed by atoms with Crippen molar-refractivity contribution in [1.29, 1.82) is 0 Å². The predicted octanol–water partition coefficient (Wildman–Crippen LogP) is 2.11. The SMILES string of the molecule is Cc1cc(=O)c(O)c(O)c2c1C[C@@H](C(C)(O)CN1CCCCC1)CC2. The molecule has 3 N–H and O–H groups in total. The van der Waals surface area contributed by atoms with E-state index in [2.05, 4.69) is 4.90 Å². The summed E-state index contributed by atoms with van der Waals surface area (Å²) in [6.45, 7) is 6.49. The molecule has 2 atom stereocenters. The number of hydrogen-bond acceptors (Lipinski definition) is 5. The Labute approximate surface area is 148 Å². The first-order chi connectivity index (χ1) is 11.8. The molecule has 1 aliphatic heterocycles. The second-order valence-corrected chi connectivity index (χ2v) is 7.98. The summed E-state index contributed by atoms with van der Waals surface area (Å²) in [6.07, 6.45) is 5.56. The Kier molecular flexibility index (Phi) is 5.07. The van der Waals surface area contributed by atoms with Crippen LogP contribution in [0.1, 0.15) is 49.3 Å². The smallest absolute Gasteiger partial charge is 0.224 e. The van der Waals surface area contributed by atoms with E-state index in [9.17, 15) is 20.1 Å². The van der Waals surface area contributed by atoms with Gasteiger partial charge in [-0.3, -0.25) is 4.79 Å². The Bertz CT molecular complexity index is 708. The molecule has 1 fully saturated rings. The fourth-order valence-electron chi connectivity index (χ4n) is 4.44. The maximum absolute atomic E-state index is 11.9. The minimum Gasteiger partial charge on any atom is -0.504 e. The lowest BCUT2D eigenvalue weighted by Crippen LogP contribution is -2.49. The van der Waals surface area contributed by atoms with Crippen molar-refractivity contribution in [2.45, 2.75) is 58.0 Å². The van der Waals surface area contributed by atoms with E-state index in [-0.39, 0.29) is 11.7 Å². The number of rotatable bonds is 3. The van der Waals surface area contributed by atoms with Gasteiger partial charge >= 0.3 is 0 Å². The second kappa shape index (κ2) is 6.96. The minimum absolute atomic E-state index is 0.0691. The molecule has 0 saturated carbocycles. The lowest BCUT2D eigenvalue weighted by Gasteiger charge is -2.41. The van der Waals surface area contributed by atoms with Crippen molar-refractivity contribution in [3.8, 4) is 11.5 Å². The maximum Gasteiger partial charge on any atom is 0.224 e. The third kappa shape index (κ3) is 3.67. The van der Waals surface area contributed by atoms with Crippen molar-refractivity contribution < 1.29 is 15.3 Å². The first-order valence-corrected chi connectivity index (χ1v) is 9.32. The number of piperidine rings is 1. The lowest BCUT2D eigenvalue weighted by atomic mass is 9.74. The van der Waals surface area contributed by atoms with Crippen molar-refractivity contribution in [1.82, 2.24) is 4.90 Å². The van der Waals surface area contributed by atoms with Crippen LogP contribution in [0.5, 0.6) is 11.5 Å². The van der Waals surface area contributed by atoms with E-state index in [1.165, 1.54) is 25.3 Å². The number of nitrogens with zero attached hydrogens (tertiary/aromatic N) is 1. The molecule has 25 heavy (non-hydrogen) atoms. The van der Waals surface area contributed by atoms with E-state index in [4.69, 9.17) is 0 Å². The van der Waals surface area contributed by atoms with Gasteiger partial charge in [0.1, 0.15) is 0 Å². The van der Waals surface area contributed by atoms with Gasteiger partial charge in [-0.1, -0.05) is 6.42 Å². The third-order valence-corrected chi connectivity index (χ3v) is 6.00. The van der Waals surface area contributed by atoms with Gasteiger partial charge in [-0.2, -0.15) is 0 Å². The Balaban J connectivity index is 1.86. The zero-order valence-electron chi connectivity index (χ0n) is 15.2. The zero-order valence-corrected chi connectivity index (χ0v) is 15.2. The average Bonchev–Trinajstić information content (AvgIpc) is 2.67. The maximum atomic E-state index is 11.9. The molecular weight excluding hydrogens is 318 g/mol. The molecule has 3 rings (SSSR count). The van der Waals surface area contributed by atoms with Crippen LogP contribution in [0.2, 0.25) is 0 Å². The lowest BCUT2D eigenvalue weighted by molar-refractivity contribution is -0.0387. The summed E-state index contributed by atoms with van der Waals surface area (Å²) in [6, 6.07) is 1.38. The largest absolute Gasteiger partial charge is 0.504 e. The highest BCUT2D eigenvalue weighted by Crippen LogP contribution is 2.39. The first-order valence-electron chi connectivity index (χ1n) is 9.32. The van der Waals surface area contributed by atoms with Gasteiger partial charge in [0.25, 0.3) is 0 Å². The van der Waals surface area contributed by atoms with Gasteiger partial charge < -0.3 is 20.2 Å². The fraction of sp³-hybridized carbons (Fsp3) is 0.650. The monoisotopic (exact) mass is 347 g/mol. The molecule has 0 amide bonds. The van der Waals surface area contributed by atoms with E-state index in [1.54, 1.807) is 0 Å². The van der Waals surface area contributed by atoms with E-state index in [0.717, 1.165) is 30.6 Å². The van der Waals surface area contributed by atoms with Crippen LogP contribution in [-0.2, 0) is 12.8 Å². The summed E-state index contributed by atoms with van der Waals surface area (Å²) in [5.41, 5.74) is 0.954. The molecule has 1 heterocycles. The standard InChI is InChI=1S/C20H29NO4/c1-13-10-17(22)19(24)18(23)15-7-6-14(11-16(13)15)20(2,25)12-21-8-4-3-5-9-21/h10,14,25H,3-9,11-12H2,1-2H3,(H2,22,23,24)/t14-,20?/m0/s1. The third-order valence-electron chi connectivity index (χ3n) is 6.00. The van der Waals surface area contributed by atoms with Crippen LogP contribution in [0.25, 0.3) is 0 Å². The van der Waals surface area contributed by atoms with Crippen LogP contribution < -0.4 is 5.43 Å². The van der Waals surface area contributed by atoms with Crippen LogP contribution in [0.3, 0.4) is 0 Å². The van der Waals surface area contributed by atoms with E-state index >= 15 is 0 Å². The minimum atomic E-state index is -0.812. The highest BCUT2D eigenvalue weighted by molar-refractivity contribution is 5.51. The molecule has 5 nitrogen and oxygen atoms in total. The Hall–Kier alpha value is -1.59. The molecule has 2 aliphatic rings. The molecule has 138 valence electrons. The molecule has 0 bridgehead atoms. The number of fused-ring (bicyclic) bond motifs is 1. The number of aromatic hydroxyl groups is 2. The van der Waals surface area contributed by atoms with Gasteiger partial charge in [-0.15, -0.1) is 0 Å². The topological polar surface area (TPSA) is 81.0 Å². The van der Waals surface area contributed by atoms with Crippen LogP contribution in [0.15, 0.2) is 10.9 Å². The molecular formula is C20H29NO4. The molecule has 1 aromatic carbocycles. The van der Waals surface area contributed by atoms with Gasteiger partial charge in [0.15, 0.2) is 5.75 Å². The summed E-state index contributed by atoms with van der Waals surface area (Å²) in [4.78, 5) is 14.2. The number of β-amino-alcohol motifs (C(OH)–C–C–N with tert-alkyl or cyclic N) is 1. The Morgan fingerprint density at radius 2 is 1.84 bits per heavy atom. The number of aryl methyl sites for hydroxylation is 1. The Morgan fingerprint density at radius 1 is 1.16 bits per heavy atom. The van der Waals surface area contributed by atoms with Crippen molar-refractivity contribution >= 4 is 0 Å². The van der Waals surface area contributed by atoms with Gasteiger partial charge in [-0.25, -0.2) is 0 Å². The number of hydrogen-bond donors (Lipinski definition) is 3. The summed E-state index contributed by atoms with van der Waals surface area (Å²) in [5.74, 6) is -0.787. The highest BCUT2D eigenvalue weighted by atomic mass is 16.3. The molecule has 1 aromatic rings. The van der Waals surface area contributed by atoms with Gasteiger partial charge in [0.05, 0.1) is 5.60 Å². The highest BCUT2D eigenvalue weighted by Gasteiger charge is 2.37. The summed E-state index contributed by atoms with van der Waals surface area (Å²) in [5, 5.41) is 31.2. The van der Waals surface area contributed by atoms with E-state index in [1.807, 2.05) is 13.8 Å². The van der Waals surface area contributed by atoms with Gasteiger partial charge in [-0.05, 0) is 82.2 Å². The summed E-state index contributed by atoms with van der Waals surface area (Å²) >= 11 is 0. The quantitative estimate of drug-likeness (QED) is 0.780. The van der Waals surface area contributed by atoms with Crippen LogP contribution >= 0.6 is 0 Å². The van der Waals surface area contributed by atoms with Crippen LogP contribution in [0, 0.1) is 12.8 Å². The first kappa shape index (κ1) is 18.2. The molecule has 0 aromatic heterocycles. The molecule has 1 aliphatic carbocycles. The van der Waals surface area contributed by atoms with Crippen LogP contribution in [0.4, 0.5) is 0 Å². The van der Waals surface area contributed by atoms with Crippen molar-refractivity contribution in [2.75, 3.05) is 19.6 Å². The average molecular weight is 347 g/mol. The van der Waals surface area contributed by atoms with Crippen molar-refractivity contribution in [2.24, 2.45) is 5.92 Å². The Morgan fingerprint density at radius 3 is 2.52 bits per heavy atom. The van der Waals surface area contributed by atoms with E-state index < -0.39 is 16.8 Å². The molecule has 1 saturated heterocycles. The van der Waals surface area contributed by atoms with Crippen molar-refractivity contribution in [3.05, 3.63) is 33.0 Å². The fourth-order valence-corrected chi connectivity index (χ4v) is 4.44. The van der Waals surface area contributed by atoms with Crippen LogP contribution in [-0.4, -0.2) is 45.5 Å². The molecule has 0 spiro atoms. The second-order valence-electron chi connectivity index (χ2n) is 7.98. The molecule has 5 heteroatoms. The normalized spacial score (nSPS) is 23.7. The van der Waals surface area contributed by atoms with E-state index in [0.29, 0.717) is 24.9 Å². The number of aliphatic hydroxyl groups is 1. The van der Waals surface area contributed by atoms with Gasteiger partial charge in [0, 0.05) is 12.1 Å². The van der Waals surface area contributed by atoms with Gasteiger partial charge in [0.2, 0.25) is 11.2 Å². The molecule has 0 radical (unpaired) electrons. The molecule has 1 unspecified atom stereocenters. The number of likely N-dealkylation sites (tertiary alicyclic amines) is 1. The predicted molar refractivity (Wildman–Crippen MR) is 97.2 cm³/mol. The summed E-state index contributed by atoms with van der Waals surface area (Å²) in [7, 11) is 0. The summed E-state index contributed by atoms with van der Waals surface area (Å²) < 4.78 is 0.